The average molecular weight is 331 g/mol. The zero-order chi connectivity index (χ0) is 14.3. The molecule has 5 heteroatoms. The lowest BCUT2D eigenvalue weighted by atomic mass is 10.2. The second kappa shape index (κ2) is 4.90. The van der Waals surface area contributed by atoms with Crippen LogP contribution in [0, 0.1) is 0 Å². The summed E-state index contributed by atoms with van der Waals surface area (Å²) in [5, 5.41) is 0. The Bertz CT molecular complexity index is 777. The van der Waals surface area contributed by atoms with E-state index in [1.54, 1.807) is 6.20 Å². The zero-order valence-electron chi connectivity index (χ0n) is 11.3. The van der Waals surface area contributed by atoms with Crippen molar-refractivity contribution in [2.45, 2.75) is 19.9 Å². The minimum Gasteiger partial charge on any atom is -0.399 e. The van der Waals surface area contributed by atoms with E-state index in [9.17, 15) is 0 Å². The molecule has 0 saturated heterocycles. The molecule has 2 N–H and O–H groups in total. The fraction of sp³-hybridized carbons (Fsp3) is 0.200. The molecular formula is C15H15BrN4. The average Bonchev–Trinajstić information content (AvgIpc) is 2.80. The van der Waals surface area contributed by atoms with Crippen molar-refractivity contribution in [2.75, 3.05) is 5.73 Å². The van der Waals surface area contributed by atoms with Crippen LogP contribution in [0.2, 0.25) is 0 Å². The molecule has 0 amide bonds. The minimum atomic E-state index is 0.262. The molecule has 0 aliphatic rings. The van der Waals surface area contributed by atoms with Crippen LogP contribution in [0.5, 0.6) is 0 Å². The number of benzene rings is 1. The van der Waals surface area contributed by atoms with Crippen LogP contribution < -0.4 is 5.73 Å². The molecule has 0 radical (unpaired) electrons. The molecule has 0 unspecified atom stereocenters. The van der Waals surface area contributed by atoms with Crippen molar-refractivity contribution in [3.8, 4) is 11.4 Å². The van der Waals surface area contributed by atoms with Crippen LogP contribution in [-0.2, 0) is 0 Å². The number of pyridine rings is 1. The number of aromatic nitrogens is 3. The Morgan fingerprint density at radius 1 is 1.25 bits per heavy atom. The minimum absolute atomic E-state index is 0.262. The summed E-state index contributed by atoms with van der Waals surface area (Å²) < 4.78 is 3.11. The van der Waals surface area contributed by atoms with Gasteiger partial charge >= 0.3 is 0 Å². The van der Waals surface area contributed by atoms with Gasteiger partial charge in [0.1, 0.15) is 11.3 Å². The number of nitrogens with two attached hydrogens (primary N) is 1. The molecule has 2 aromatic heterocycles. The lowest BCUT2D eigenvalue weighted by molar-refractivity contribution is 0.619. The number of hydrogen-bond donors (Lipinski definition) is 1. The Balaban J connectivity index is 2.35. The van der Waals surface area contributed by atoms with Gasteiger partial charge in [-0.3, -0.25) is 0 Å². The van der Waals surface area contributed by atoms with Gasteiger partial charge in [0.25, 0.3) is 0 Å². The van der Waals surface area contributed by atoms with E-state index in [0.29, 0.717) is 0 Å². The van der Waals surface area contributed by atoms with Gasteiger partial charge in [-0.05, 0) is 44.2 Å². The first-order chi connectivity index (χ1) is 9.58. The second-order valence-electron chi connectivity index (χ2n) is 4.98. The Labute approximate surface area is 125 Å². The molecule has 0 aliphatic carbocycles. The van der Waals surface area contributed by atoms with Crippen molar-refractivity contribution < 1.29 is 0 Å². The molecule has 0 fully saturated rings. The summed E-state index contributed by atoms with van der Waals surface area (Å²) in [6, 6.07) is 9.89. The van der Waals surface area contributed by atoms with E-state index in [-0.39, 0.29) is 6.04 Å². The highest BCUT2D eigenvalue weighted by atomic mass is 79.9. The van der Waals surface area contributed by atoms with Crippen molar-refractivity contribution in [3.05, 3.63) is 41.0 Å². The number of halogens is 1. The highest BCUT2D eigenvalue weighted by Gasteiger charge is 2.17. The number of imidazole rings is 1. The monoisotopic (exact) mass is 330 g/mol. The molecule has 102 valence electrons. The van der Waals surface area contributed by atoms with Crippen molar-refractivity contribution in [3.63, 3.8) is 0 Å². The predicted molar refractivity (Wildman–Crippen MR) is 85.5 cm³/mol. The predicted octanol–water partition coefficient (Wildman–Crippen LogP) is 4.02. The van der Waals surface area contributed by atoms with E-state index >= 15 is 0 Å². The summed E-state index contributed by atoms with van der Waals surface area (Å²) in [6.45, 7) is 4.25. The molecule has 4 nitrogen and oxygen atoms in total. The first kappa shape index (κ1) is 13.1. The molecule has 0 spiro atoms. The molecule has 1 aromatic carbocycles. The lowest BCUT2D eigenvalue weighted by Gasteiger charge is -2.13. The number of hydrogen-bond acceptors (Lipinski definition) is 3. The van der Waals surface area contributed by atoms with Crippen molar-refractivity contribution in [1.29, 1.82) is 0 Å². The SMILES string of the molecule is CC(C)n1c(-c2cc(N)ccc2Br)nc2cccnc21. The second-order valence-corrected chi connectivity index (χ2v) is 5.84. The maximum atomic E-state index is 5.91. The third-order valence-electron chi connectivity index (χ3n) is 3.20. The third-order valence-corrected chi connectivity index (χ3v) is 3.89. The fourth-order valence-corrected chi connectivity index (χ4v) is 2.75. The van der Waals surface area contributed by atoms with Crippen LogP contribution in [0.25, 0.3) is 22.6 Å². The van der Waals surface area contributed by atoms with E-state index in [2.05, 4.69) is 39.3 Å². The first-order valence-electron chi connectivity index (χ1n) is 6.46. The molecule has 0 saturated carbocycles. The summed E-state index contributed by atoms with van der Waals surface area (Å²) >= 11 is 3.58. The highest BCUT2D eigenvalue weighted by Crippen LogP contribution is 2.33. The molecule has 3 rings (SSSR count). The van der Waals surface area contributed by atoms with Crippen molar-refractivity contribution in [2.24, 2.45) is 0 Å². The maximum absolute atomic E-state index is 5.91. The Hall–Kier alpha value is -1.88. The molecule has 3 aromatic rings. The summed E-state index contributed by atoms with van der Waals surface area (Å²) in [7, 11) is 0. The number of nitrogens with zero attached hydrogens (tertiary/aromatic N) is 3. The van der Waals surface area contributed by atoms with Crippen molar-refractivity contribution >= 4 is 32.8 Å². The van der Waals surface area contributed by atoms with E-state index in [0.717, 1.165) is 32.7 Å². The number of nitrogen functional groups attached to an aromatic ring is 1. The number of rotatable bonds is 2. The van der Waals surface area contributed by atoms with Gasteiger partial charge < -0.3 is 10.3 Å². The molecule has 0 aliphatic heterocycles. The van der Waals surface area contributed by atoms with Gasteiger partial charge in [-0.2, -0.15) is 0 Å². The normalized spacial score (nSPS) is 11.4. The largest absolute Gasteiger partial charge is 0.399 e. The molecule has 20 heavy (non-hydrogen) atoms. The van der Waals surface area contributed by atoms with Crippen LogP contribution >= 0.6 is 15.9 Å². The Morgan fingerprint density at radius 2 is 2.05 bits per heavy atom. The highest BCUT2D eigenvalue weighted by molar-refractivity contribution is 9.10. The van der Waals surface area contributed by atoms with Crippen LogP contribution in [0.3, 0.4) is 0 Å². The van der Waals surface area contributed by atoms with E-state index < -0.39 is 0 Å². The number of fused-ring (bicyclic) bond motifs is 1. The van der Waals surface area contributed by atoms with Gasteiger partial charge in [0.15, 0.2) is 5.65 Å². The Morgan fingerprint density at radius 3 is 2.80 bits per heavy atom. The third kappa shape index (κ3) is 2.08. The van der Waals surface area contributed by atoms with Crippen LogP contribution in [0.4, 0.5) is 5.69 Å². The number of anilines is 1. The van der Waals surface area contributed by atoms with Crippen LogP contribution in [0.1, 0.15) is 19.9 Å². The molecule has 2 heterocycles. The topological polar surface area (TPSA) is 56.7 Å². The van der Waals surface area contributed by atoms with Gasteiger partial charge in [-0.25, -0.2) is 9.97 Å². The Kier molecular flexibility index (Phi) is 3.22. The summed E-state index contributed by atoms with van der Waals surface area (Å²) in [5.74, 6) is 0.882. The van der Waals surface area contributed by atoms with Gasteiger partial charge in [0.05, 0.1) is 0 Å². The standard InChI is InChI=1S/C15H15BrN4/c1-9(2)20-14(11-8-10(17)5-6-12(11)16)19-13-4-3-7-18-15(13)20/h3-9H,17H2,1-2H3. The van der Waals surface area contributed by atoms with Crippen LogP contribution in [-0.4, -0.2) is 14.5 Å². The molecule has 0 bridgehead atoms. The summed E-state index contributed by atoms with van der Waals surface area (Å²) in [4.78, 5) is 9.18. The summed E-state index contributed by atoms with van der Waals surface area (Å²) in [6.07, 6.45) is 1.79. The first-order valence-corrected chi connectivity index (χ1v) is 7.25. The van der Waals surface area contributed by atoms with Gasteiger partial charge in [0.2, 0.25) is 0 Å². The molecule has 0 atom stereocenters. The van der Waals surface area contributed by atoms with E-state index in [1.807, 2.05) is 30.3 Å². The molecular weight excluding hydrogens is 316 g/mol. The van der Waals surface area contributed by atoms with Gasteiger partial charge in [-0.1, -0.05) is 15.9 Å². The van der Waals surface area contributed by atoms with Crippen LogP contribution in [0.15, 0.2) is 41.0 Å². The van der Waals surface area contributed by atoms with Crippen molar-refractivity contribution in [1.82, 2.24) is 14.5 Å². The van der Waals surface area contributed by atoms with E-state index in [4.69, 9.17) is 10.7 Å². The summed E-state index contributed by atoms with van der Waals surface area (Å²) in [5.41, 5.74) is 9.40. The van der Waals surface area contributed by atoms with Gasteiger partial charge in [-0.15, -0.1) is 0 Å². The fourth-order valence-electron chi connectivity index (χ4n) is 2.32. The zero-order valence-corrected chi connectivity index (χ0v) is 12.9. The quantitative estimate of drug-likeness (QED) is 0.722. The maximum Gasteiger partial charge on any atom is 0.160 e. The van der Waals surface area contributed by atoms with E-state index in [1.165, 1.54) is 0 Å². The lowest BCUT2D eigenvalue weighted by Crippen LogP contribution is -2.04. The smallest absolute Gasteiger partial charge is 0.160 e. The van der Waals surface area contributed by atoms with Gasteiger partial charge in [0, 0.05) is 28.0 Å².